The molecule has 0 saturated heterocycles. The predicted molar refractivity (Wildman–Crippen MR) is 116 cm³/mol. The molecule has 0 aliphatic heterocycles. The third-order valence-corrected chi connectivity index (χ3v) is 5.61. The lowest BCUT2D eigenvalue weighted by Crippen LogP contribution is -2.35. The summed E-state index contributed by atoms with van der Waals surface area (Å²) in [6.45, 7) is 1.95. The van der Waals surface area contributed by atoms with Gasteiger partial charge in [-0.05, 0) is 37.5 Å². The van der Waals surface area contributed by atoms with Crippen LogP contribution in [0.2, 0.25) is 5.02 Å². The molecule has 28 heavy (non-hydrogen) atoms. The fourth-order valence-corrected chi connectivity index (χ4v) is 3.79. The van der Waals surface area contributed by atoms with Crippen molar-refractivity contribution >= 4 is 23.2 Å². The van der Waals surface area contributed by atoms with Crippen LogP contribution in [0.5, 0.6) is 0 Å². The molecule has 0 atom stereocenters. The van der Waals surface area contributed by atoms with E-state index in [0.29, 0.717) is 5.02 Å². The minimum atomic E-state index is -0.299. The minimum Gasteiger partial charge on any atom is -0.360 e. The van der Waals surface area contributed by atoms with E-state index in [2.05, 4.69) is 10.6 Å². The van der Waals surface area contributed by atoms with Gasteiger partial charge in [0.1, 0.15) is 11.6 Å². The van der Waals surface area contributed by atoms with Crippen LogP contribution in [0.15, 0.2) is 30.0 Å². The molecule has 2 rings (SSSR count). The molecule has 5 heteroatoms. The molecule has 1 aromatic rings. The van der Waals surface area contributed by atoms with Crippen molar-refractivity contribution in [3.8, 4) is 6.07 Å². The number of anilines is 1. The Morgan fingerprint density at radius 1 is 1.07 bits per heavy atom. The summed E-state index contributed by atoms with van der Waals surface area (Å²) in [6.07, 6.45) is 14.8. The van der Waals surface area contributed by atoms with Crippen LogP contribution in [0, 0.1) is 18.3 Å². The van der Waals surface area contributed by atoms with Gasteiger partial charge in [-0.1, -0.05) is 75.5 Å². The van der Waals surface area contributed by atoms with Crippen molar-refractivity contribution in [3.05, 3.63) is 40.6 Å². The molecule has 2 N–H and O–H groups in total. The van der Waals surface area contributed by atoms with E-state index in [1.165, 1.54) is 51.1 Å². The third kappa shape index (κ3) is 7.94. The number of rotatable bonds is 4. The number of amides is 1. The topological polar surface area (TPSA) is 64.9 Å². The molecule has 1 saturated carbocycles. The first-order chi connectivity index (χ1) is 13.6. The highest BCUT2D eigenvalue weighted by Crippen LogP contribution is 2.21. The van der Waals surface area contributed by atoms with Crippen LogP contribution >= 0.6 is 11.6 Å². The summed E-state index contributed by atoms with van der Waals surface area (Å²) in [5.74, 6) is -0.299. The summed E-state index contributed by atoms with van der Waals surface area (Å²) in [4.78, 5) is 12.6. The lowest BCUT2D eigenvalue weighted by molar-refractivity contribution is -0.117. The molecule has 1 aromatic carbocycles. The lowest BCUT2D eigenvalue weighted by atomic mass is 9.98. The Balaban J connectivity index is 1.96. The number of carbonyl (C=O) groups excluding carboxylic acids is 1. The molecule has 1 aliphatic rings. The Bertz CT molecular complexity index is 696. The highest BCUT2D eigenvalue weighted by Gasteiger charge is 2.16. The van der Waals surface area contributed by atoms with Crippen molar-refractivity contribution < 1.29 is 4.79 Å². The van der Waals surface area contributed by atoms with E-state index in [1.807, 2.05) is 25.1 Å². The van der Waals surface area contributed by atoms with Gasteiger partial charge in [0.05, 0.1) is 0 Å². The molecule has 0 spiro atoms. The first-order valence-electron chi connectivity index (χ1n) is 10.5. The van der Waals surface area contributed by atoms with E-state index in [9.17, 15) is 10.1 Å². The zero-order valence-corrected chi connectivity index (χ0v) is 17.7. The Labute approximate surface area is 174 Å². The largest absolute Gasteiger partial charge is 0.360 e. The number of nitriles is 1. The number of hydrogen-bond donors (Lipinski definition) is 2. The highest BCUT2D eigenvalue weighted by molar-refractivity contribution is 6.30. The Kier molecular flexibility index (Phi) is 9.93. The van der Waals surface area contributed by atoms with Gasteiger partial charge in [-0.2, -0.15) is 5.26 Å². The van der Waals surface area contributed by atoms with Gasteiger partial charge in [0.2, 0.25) is 0 Å². The lowest BCUT2D eigenvalue weighted by Gasteiger charge is -2.19. The van der Waals surface area contributed by atoms with Crippen molar-refractivity contribution in [2.45, 2.75) is 83.6 Å². The van der Waals surface area contributed by atoms with Gasteiger partial charge in [0, 0.05) is 23.0 Å². The van der Waals surface area contributed by atoms with Crippen molar-refractivity contribution in [2.75, 3.05) is 5.32 Å². The van der Waals surface area contributed by atoms with E-state index in [-0.39, 0.29) is 17.5 Å². The number of halogens is 1. The quantitative estimate of drug-likeness (QED) is 0.462. The van der Waals surface area contributed by atoms with Crippen LogP contribution < -0.4 is 10.6 Å². The maximum atomic E-state index is 12.6. The van der Waals surface area contributed by atoms with Gasteiger partial charge in [-0.3, -0.25) is 4.79 Å². The van der Waals surface area contributed by atoms with Crippen molar-refractivity contribution in [3.63, 3.8) is 0 Å². The van der Waals surface area contributed by atoms with Crippen LogP contribution in [0.4, 0.5) is 5.69 Å². The summed E-state index contributed by atoms with van der Waals surface area (Å²) in [6, 6.07) is 7.66. The zero-order valence-electron chi connectivity index (χ0n) is 16.9. The smallest absolute Gasteiger partial charge is 0.263 e. The van der Waals surface area contributed by atoms with Crippen LogP contribution in [0.1, 0.15) is 76.2 Å². The van der Waals surface area contributed by atoms with Gasteiger partial charge in [-0.25, -0.2) is 0 Å². The minimum absolute atomic E-state index is 0.0884. The van der Waals surface area contributed by atoms with Gasteiger partial charge in [-0.15, -0.1) is 0 Å². The molecule has 0 bridgehead atoms. The van der Waals surface area contributed by atoms with Crippen LogP contribution in [0.3, 0.4) is 0 Å². The van der Waals surface area contributed by atoms with Gasteiger partial charge in [0.25, 0.3) is 5.91 Å². The zero-order chi connectivity index (χ0) is 20.2. The molecule has 1 amide bonds. The number of nitrogens with zero attached hydrogens (tertiary/aromatic N) is 1. The molecule has 0 heterocycles. The van der Waals surface area contributed by atoms with Gasteiger partial charge >= 0.3 is 0 Å². The van der Waals surface area contributed by atoms with E-state index in [1.54, 1.807) is 6.07 Å². The average molecular weight is 402 g/mol. The molecule has 1 aliphatic carbocycles. The SMILES string of the molecule is Cc1ccc(Cl)cc1N/C=C(/C#N)C(=O)NC1CCCCCCCCCCC1. The Morgan fingerprint density at radius 2 is 1.64 bits per heavy atom. The summed E-state index contributed by atoms with van der Waals surface area (Å²) < 4.78 is 0. The maximum absolute atomic E-state index is 12.6. The monoisotopic (exact) mass is 401 g/mol. The second kappa shape index (κ2) is 12.5. The van der Waals surface area contributed by atoms with Gasteiger partial charge < -0.3 is 10.6 Å². The second-order valence-corrected chi connectivity index (χ2v) is 8.14. The first-order valence-corrected chi connectivity index (χ1v) is 10.9. The van der Waals surface area contributed by atoms with Crippen LogP contribution in [0.25, 0.3) is 0 Å². The van der Waals surface area contributed by atoms with Crippen molar-refractivity contribution in [1.82, 2.24) is 5.32 Å². The summed E-state index contributed by atoms with van der Waals surface area (Å²) in [5.41, 5.74) is 1.88. The summed E-state index contributed by atoms with van der Waals surface area (Å²) in [5, 5.41) is 16.2. The van der Waals surface area contributed by atoms with Crippen molar-refractivity contribution in [2.24, 2.45) is 0 Å². The van der Waals surface area contributed by atoms with E-state index < -0.39 is 0 Å². The molecule has 0 aromatic heterocycles. The first kappa shape index (κ1) is 22.3. The summed E-state index contributed by atoms with van der Waals surface area (Å²) >= 11 is 6.03. The fourth-order valence-electron chi connectivity index (χ4n) is 3.62. The highest BCUT2D eigenvalue weighted by atomic mass is 35.5. The standard InChI is InChI=1S/C23H32ClN3O/c1-18-13-14-20(24)15-22(18)26-17-19(16-25)23(28)27-21-11-9-7-5-3-2-4-6-8-10-12-21/h13-15,17,21,26H,2-12H2,1H3,(H,27,28)/b19-17-. The van der Waals surface area contributed by atoms with E-state index in [4.69, 9.17) is 11.6 Å². The third-order valence-electron chi connectivity index (χ3n) is 5.38. The molecule has 152 valence electrons. The Morgan fingerprint density at radius 3 is 2.21 bits per heavy atom. The number of hydrogen-bond acceptors (Lipinski definition) is 3. The number of aryl methyl sites for hydroxylation is 1. The molecule has 1 fully saturated rings. The predicted octanol–water partition coefficient (Wildman–Crippen LogP) is 6.26. The number of benzene rings is 1. The van der Waals surface area contributed by atoms with Gasteiger partial charge in [0.15, 0.2) is 0 Å². The second-order valence-electron chi connectivity index (χ2n) is 7.70. The fraction of sp³-hybridized carbons (Fsp3) is 0.565. The van der Waals surface area contributed by atoms with E-state index >= 15 is 0 Å². The Hall–Kier alpha value is -1.99. The normalized spacial score (nSPS) is 17.7. The molecule has 0 unspecified atom stereocenters. The molecule has 0 radical (unpaired) electrons. The van der Waals surface area contributed by atoms with Crippen molar-refractivity contribution in [1.29, 1.82) is 5.26 Å². The molecular formula is C23H32ClN3O. The molecule has 4 nitrogen and oxygen atoms in total. The maximum Gasteiger partial charge on any atom is 0.263 e. The van der Waals surface area contributed by atoms with Crippen LogP contribution in [-0.4, -0.2) is 11.9 Å². The number of nitrogens with one attached hydrogen (secondary N) is 2. The average Bonchev–Trinajstić information content (AvgIpc) is 2.67. The summed E-state index contributed by atoms with van der Waals surface area (Å²) in [7, 11) is 0. The number of carbonyl (C=O) groups is 1. The van der Waals surface area contributed by atoms with E-state index in [0.717, 1.165) is 36.9 Å². The molecular weight excluding hydrogens is 370 g/mol. The van der Waals surface area contributed by atoms with Crippen LogP contribution in [-0.2, 0) is 4.79 Å².